The van der Waals surface area contributed by atoms with Crippen molar-refractivity contribution in [3.05, 3.63) is 50.1 Å². The predicted octanol–water partition coefficient (Wildman–Crippen LogP) is 4.92. The third kappa shape index (κ3) is 3.43. The number of nitrogens with one attached hydrogen (secondary N) is 1. The van der Waals surface area contributed by atoms with Crippen LogP contribution in [0.15, 0.2) is 34.1 Å². The molecule has 1 atom stereocenters. The molecule has 0 aliphatic rings. The summed E-state index contributed by atoms with van der Waals surface area (Å²) in [5.74, 6) is 0.968. The SMILES string of the molecule is CCCOc1ccccc1C(NC)c1cc(C)c(Br)s1. The molecule has 0 bridgehead atoms. The van der Waals surface area contributed by atoms with Crippen molar-refractivity contribution >= 4 is 27.3 Å². The zero-order valence-corrected chi connectivity index (χ0v) is 14.5. The summed E-state index contributed by atoms with van der Waals surface area (Å²) in [5, 5.41) is 3.40. The van der Waals surface area contributed by atoms with E-state index in [1.54, 1.807) is 11.3 Å². The maximum Gasteiger partial charge on any atom is 0.124 e. The Bertz CT molecular complexity index is 548. The van der Waals surface area contributed by atoms with Gasteiger partial charge in [-0.3, -0.25) is 0 Å². The molecule has 1 unspecified atom stereocenters. The van der Waals surface area contributed by atoms with Crippen LogP contribution in [0.1, 0.15) is 35.4 Å². The van der Waals surface area contributed by atoms with Crippen LogP contribution in [0.5, 0.6) is 5.75 Å². The van der Waals surface area contributed by atoms with Crippen LogP contribution in [0.4, 0.5) is 0 Å². The van der Waals surface area contributed by atoms with E-state index < -0.39 is 0 Å². The lowest BCUT2D eigenvalue weighted by Crippen LogP contribution is -2.17. The average Bonchev–Trinajstić information content (AvgIpc) is 2.78. The van der Waals surface area contributed by atoms with E-state index in [0.717, 1.165) is 18.8 Å². The quantitative estimate of drug-likeness (QED) is 0.795. The van der Waals surface area contributed by atoms with Gasteiger partial charge in [0.15, 0.2) is 0 Å². The number of rotatable bonds is 6. The number of thiophene rings is 1. The maximum atomic E-state index is 5.88. The molecule has 2 rings (SSSR count). The summed E-state index contributed by atoms with van der Waals surface area (Å²) in [5.41, 5.74) is 2.47. The molecule has 1 heterocycles. The summed E-state index contributed by atoms with van der Waals surface area (Å²) in [7, 11) is 1.99. The molecular formula is C16H20BrNOS. The Balaban J connectivity index is 2.36. The van der Waals surface area contributed by atoms with E-state index >= 15 is 0 Å². The van der Waals surface area contributed by atoms with Crippen molar-refractivity contribution in [1.29, 1.82) is 0 Å². The van der Waals surface area contributed by atoms with Gasteiger partial charge in [0.2, 0.25) is 0 Å². The summed E-state index contributed by atoms with van der Waals surface area (Å²) in [6.45, 7) is 4.99. The van der Waals surface area contributed by atoms with Gasteiger partial charge in [0.05, 0.1) is 16.4 Å². The van der Waals surface area contributed by atoms with E-state index in [2.05, 4.69) is 53.3 Å². The smallest absolute Gasteiger partial charge is 0.124 e. The minimum atomic E-state index is 0.165. The highest BCUT2D eigenvalue weighted by Gasteiger charge is 2.19. The van der Waals surface area contributed by atoms with Crippen molar-refractivity contribution in [2.45, 2.75) is 26.3 Å². The lowest BCUT2D eigenvalue weighted by Gasteiger charge is -2.19. The first-order valence-electron chi connectivity index (χ1n) is 6.82. The Labute approximate surface area is 133 Å². The van der Waals surface area contributed by atoms with Crippen molar-refractivity contribution in [3.8, 4) is 5.75 Å². The number of hydrogen-bond donors (Lipinski definition) is 1. The van der Waals surface area contributed by atoms with Crippen molar-refractivity contribution < 1.29 is 4.74 Å². The highest BCUT2D eigenvalue weighted by molar-refractivity contribution is 9.11. The average molecular weight is 354 g/mol. The minimum absolute atomic E-state index is 0.165. The van der Waals surface area contributed by atoms with Gasteiger partial charge in [0.25, 0.3) is 0 Å². The fourth-order valence-corrected chi connectivity index (χ4v) is 3.84. The van der Waals surface area contributed by atoms with Gasteiger partial charge in [-0.1, -0.05) is 25.1 Å². The Morgan fingerprint density at radius 1 is 1.35 bits per heavy atom. The monoisotopic (exact) mass is 353 g/mol. The molecule has 1 aromatic carbocycles. The third-order valence-electron chi connectivity index (χ3n) is 3.14. The maximum absolute atomic E-state index is 5.88. The molecule has 2 aromatic rings. The standard InChI is InChI=1S/C16H20BrNOS/c1-4-9-19-13-8-6-5-7-12(13)15(18-3)14-10-11(2)16(17)20-14/h5-8,10,15,18H,4,9H2,1-3H3. The van der Waals surface area contributed by atoms with E-state index in [9.17, 15) is 0 Å². The fraction of sp³-hybridized carbons (Fsp3) is 0.375. The van der Waals surface area contributed by atoms with Crippen molar-refractivity contribution in [3.63, 3.8) is 0 Å². The lowest BCUT2D eigenvalue weighted by molar-refractivity contribution is 0.312. The number of halogens is 1. The van der Waals surface area contributed by atoms with Gasteiger partial charge < -0.3 is 10.1 Å². The molecule has 4 heteroatoms. The number of benzene rings is 1. The summed E-state index contributed by atoms with van der Waals surface area (Å²) >= 11 is 5.38. The van der Waals surface area contributed by atoms with Crippen LogP contribution >= 0.6 is 27.3 Å². The Morgan fingerprint density at radius 3 is 2.70 bits per heavy atom. The summed E-state index contributed by atoms with van der Waals surface area (Å²) in [6, 6.07) is 10.7. The van der Waals surface area contributed by atoms with Gasteiger partial charge in [-0.2, -0.15) is 0 Å². The number of aryl methyl sites for hydroxylation is 1. The van der Waals surface area contributed by atoms with Crippen LogP contribution in [-0.4, -0.2) is 13.7 Å². The molecule has 0 spiro atoms. The second-order valence-corrected chi connectivity index (χ2v) is 7.12. The van der Waals surface area contributed by atoms with Crippen molar-refractivity contribution in [1.82, 2.24) is 5.32 Å². The third-order valence-corrected chi connectivity index (χ3v) is 5.34. The van der Waals surface area contributed by atoms with E-state index in [-0.39, 0.29) is 6.04 Å². The van der Waals surface area contributed by atoms with Crippen LogP contribution in [0.25, 0.3) is 0 Å². The van der Waals surface area contributed by atoms with Gasteiger partial charge in [0, 0.05) is 10.4 Å². The lowest BCUT2D eigenvalue weighted by atomic mass is 10.0. The highest BCUT2D eigenvalue weighted by atomic mass is 79.9. The van der Waals surface area contributed by atoms with Crippen LogP contribution in [-0.2, 0) is 0 Å². The summed E-state index contributed by atoms with van der Waals surface area (Å²) in [4.78, 5) is 1.30. The van der Waals surface area contributed by atoms with Crippen LogP contribution in [0.3, 0.4) is 0 Å². The molecule has 0 saturated carbocycles. The number of ether oxygens (including phenoxy) is 1. The van der Waals surface area contributed by atoms with Crippen molar-refractivity contribution in [2.24, 2.45) is 0 Å². The number of para-hydroxylation sites is 1. The zero-order chi connectivity index (χ0) is 14.5. The molecular weight excluding hydrogens is 334 g/mol. The first-order valence-corrected chi connectivity index (χ1v) is 8.43. The predicted molar refractivity (Wildman–Crippen MR) is 89.9 cm³/mol. The van der Waals surface area contributed by atoms with Gasteiger partial charge in [-0.25, -0.2) is 0 Å². The van der Waals surface area contributed by atoms with E-state index in [1.165, 1.54) is 19.8 Å². The molecule has 2 nitrogen and oxygen atoms in total. The minimum Gasteiger partial charge on any atom is -0.493 e. The van der Waals surface area contributed by atoms with Crippen LogP contribution in [0.2, 0.25) is 0 Å². The molecule has 0 fully saturated rings. The zero-order valence-electron chi connectivity index (χ0n) is 12.1. The van der Waals surface area contributed by atoms with Crippen molar-refractivity contribution in [2.75, 3.05) is 13.7 Å². The Hall–Kier alpha value is -0.840. The highest BCUT2D eigenvalue weighted by Crippen LogP contribution is 2.37. The second kappa shape index (κ2) is 7.25. The van der Waals surface area contributed by atoms with Crippen LogP contribution in [0, 0.1) is 6.92 Å². The van der Waals surface area contributed by atoms with E-state index in [4.69, 9.17) is 4.74 Å². The molecule has 20 heavy (non-hydrogen) atoms. The normalized spacial score (nSPS) is 12.4. The topological polar surface area (TPSA) is 21.3 Å². The number of hydrogen-bond acceptors (Lipinski definition) is 3. The van der Waals surface area contributed by atoms with Crippen LogP contribution < -0.4 is 10.1 Å². The largest absolute Gasteiger partial charge is 0.493 e. The molecule has 0 saturated heterocycles. The molecule has 0 amide bonds. The first-order chi connectivity index (χ1) is 9.67. The molecule has 1 N–H and O–H groups in total. The molecule has 108 valence electrons. The molecule has 0 aliphatic carbocycles. The van der Waals surface area contributed by atoms with Gasteiger partial charge in [-0.05, 0) is 54.0 Å². The molecule has 0 aliphatic heterocycles. The summed E-state index contributed by atoms with van der Waals surface area (Å²) in [6.07, 6.45) is 1.02. The first kappa shape index (κ1) is 15.5. The van der Waals surface area contributed by atoms with Gasteiger partial charge >= 0.3 is 0 Å². The Kier molecular flexibility index (Phi) is 5.64. The van der Waals surface area contributed by atoms with Gasteiger partial charge in [0.1, 0.15) is 5.75 Å². The van der Waals surface area contributed by atoms with E-state index in [1.807, 2.05) is 19.2 Å². The molecule has 1 aromatic heterocycles. The Morgan fingerprint density at radius 2 is 2.10 bits per heavy atom. The fourth-order valence-electron chi connectivity index (χ4n) is 2.14. The molecule has 0 radical (unpaired) electrons. The van der Waals surface area contributed by atoms with Gasteiger partial charge in [-0.15, -0.1) is 11.3 Å². The summed E-state index contributed by atoms with van der Waals surface area (Å²) < 4.78 is 7.07. The second-order valence-electron chi connectivity index (χ2n) is 4.71. The van der Waals surface area contributed by atoms with E-state index in [0.29, 0.717) is 0 Å².